The molecule has 6 nitrogen and oxygen atoms in total. The first-order valence-electron chi connectivity index (χ1n) is 8.72. The first-order chi connectivity index (χ1) is 13.7. The van der Waals surface area contributed by atoms with Crippen molar-refractivity contribution in [3.63, 3.8) is 0 Å². The number of imidazole rings is 1. The van der Waals surface area contributed by atoms with E-state index >= 15 is 0 Å². The van der Waals surface area contributed by atoms with Crippen LogP contribution in [0.25, 0.3) is 22.6 Å². The van der Waals surface area contributed by atoms with E-state index < -0.39 is 0 Å². The predicted molar refractivity (Wildman–Crippen MR) is 110 cm³/mol. The van der Waals surface area contributed by atoms with Gasteiger partial charge in [0, 0.05) is 35.7 Å². The van der Waals surface area contributed by atoms with E-state index in [4.69, 9.17) is 21.3 Å². The van der Waals surface area contributed by atoms with Crippen LogP contribution in [0.3, 0.4) is 0 Å². The fraction of sp³-hybridized carbons (Fsp3) is 0.0952. The second-order valence-electron chi connectivity index (χ2n) is 6.10. The number of nitrogens with zero attached hydrogens (tertiary/aromatic N) is 3. The molecular weight excluding hydrogens is 374 g/mol. The molecule has 0 aliphatic heterocycles. The maximum absolute atomic E-state index is 6.04. The molecule has 0 bridgehead atoms. The fourth-order valence-electron chi connectivity index (χ4n) is 2.81. The number of aromatic amines is 1. The number of ether oxygens (including phenoxy) is 1. The molecule has 2 heterocycles. The molecule has 4 rings (SSSR count). The van der Waals surface area contributed by atoms with Crippen LogP contribution in [0.15, 0.2) is 67.1 Å². The van der Waals surface area contributed by atoms with Crippen LogP contribution in [0.2, 0.25) is 5.02 Å². The molecule has 0 radical (unpaired) electrons. The highest BCUT2D eigenvalue weighted by Crippen LogP contribution is 2.29. The molecule has 0 saturated heterocycles. The number of hydrogen-bond acceptors (Lipinski definition) is 5. The molecule has 2 N–H and O–H groups in total. The molecule has 2 aromatic heterocycles. The van der Waals surface area contributed by atoms with E-state index in [1.807, 2.05) is 48.5 Å². The van der Waals surface area contributed by atoms with Gasteiger partial charge in [0.1, 0.15) is 11.6 Å². The topological polar surface area (TPSA) is 75.7 Å². The van der Waals surface area contributed by atoms with E-state index in [1.54, 1.807) is 25.7 Å². The van der Waals surface area contributed by atoms with Crippen molar-refractivity contribution in [3.8, 4) is 28.4 Å². The summed E-state index contributed by atoms with van der Waals surface area (Å²) in [7, 11) is 1.65. The van der Waals surface area contributed by atoms with Crippen molar-refractivity contribution in [1.29, 1.82) is 0 Å². The summed E-state index contributed by atoms with van der Waals surface area (Å²) in [6, 6.07) is 15.4. The van der Waals surface area contributed by atoms with Crippen LogP contribution in [0, 0.1) is 0 Å². The molecule has 7 heteroatoms. The van der Waals surface area contributed by atoms with Gasteiger partial charge in [0.2, 0.25) is 5.95 Å². The summed E-state index contributed by atoms with van der Waals surface area (Å²) in [6.07, 6.45) is 5.25. The van der Waals surface area contributed by atoms with Gasteiger partial charge < -0.3 is 15.0 Å². The highest BCUT2D eigenvalue weighted by molar-refractivity contribution is 6.30. The zero-order valence-corrected chi connectivity index (χ0v) is 15.9. The minimum atomic E-state index is 0.538. The van der Waals surface area contributed by atoms with Crippen molar-refractivity contribution in [3.05, 3.63) is 77.7 Å². The second kappa shape index (κ2) is 8.10. The second-order valence-corrected chi connectivity index (χ2v) is 6.54. The third-order valence-corrected chi connectivity index (χ3v) is 4.52. The Labute approximate surface area is 167 Å². The lowest BCUT2D eigenvalue weighted by Gasteiger charge is -2.11. The maximum atomic E-state index is 6.04. The Balaban J connectivity index is 1.63. The van der Waals surface area contributed by atoms with Crippen LogP contribution in [-0.2, 0) is 6.54 Å². The molecule has 0 aliphatic rings. The zero-order valence-electron chi connectivity index (χ0n) is 15.2. The summed E-state index contributed by atoms with van der Waals surface area (Å²) in [5.41, 5.74) is 3.64. The molecule has 0 aliphatic carbocycles. The van der Waals surface area contributed by atoms with Gasteiger partial charge in [0.15, 0.2) is 0 Å². The van der Waals surface area contributed by atoms with Crippen LogP contribution in [0.5, 0.6) is 5.75 Å². The van der Waals surface area contributed by atoms with Crippen molar-refractivity contribution >= 4 is 17.5 Å². The minimum absolute atomic E-state index is 0.538. The summed E-state index contributed by atoms with van der Waals surface area (Å²) >= 11 is 6.04. The summed E-state index contributed by atoms with van der Waals surface area (Å²) in [4.78, 5) is 16.6. The number of anilines is 1. The molecule has 0 amide bonds. The smallest absolute Gasteiger partial charge is 0.223 e. The third kappa shape index (κ3) is 3.97. The standard InChI is InChI=1S/C21H18ClN5O/c1-28-17-8-2-14(3-9-17)12-25-21-26-13-18(20-23-10-11-24-20)19(27-21)15-4-6-16(22)7-5-15/h2-11,13H,12H2,1H3,(H,23,24)(H,25,26,27). The van der Waals surface area contributed by atoms with Crippen molar-refractivity contribution in [1.82, 2.24) is 19.9 Å². The molecule has 2 aromatic carbocycles. The number of hydrogen-bond donors (Lipinski definition) is 2. The number of rotatable bonds is 6. The van der Waals surface area contributed by atoms with E-state index in [2.05, 4.69) is 20.3 Å². The van der Waals surface area contributed by atoms with Gasteiger partial charge in [-0.15, -0.1) is 0 Å². The Morgan fingerprint density at radius 3 is 2.50 bits per heavy atom. The number of methoxy groups -OCH3 is 1. The molecule has 0 unspecified atom stereocenters. The quantitative estimate of drug-likeness (QED) is 0.493. The average Bonchev–Trinajstić information content (AvgIpc) is 3.28. The molecule has 28 heavy (non-hydrogen) atoms. The third-order valence-electron chi connectivity index (χ3n) is 4.27. The van der Waals surface area contributed by atoms with E-state index in [0.717, 1.165) is 28.1 Å². The summed E-state index contributed by atoms with van der Waals surface area (Å²) in [5, 5.41) is 3.95. The molecular formula is C21H18ClN5O. The first kappa shape index (κ1) is 18.0. The number of nitrogens with one attached hydrogen (secondary N) is 2. The van der Waals surface area contributed by atoms with Gasteiger partial charge in [0.25, 0.3) is 0 Å². The molecule has 0 fully saturated rings. The Bertz CT molecular complexity index is 1050. The molecule has 0 atom stereocenters. The molecule has 0 saturated carbocycles. The largest absolute Gasteiger partial charge is 0.497 e. The maximum Gasteiger partial charge on any atom is 0.223 e. The normalized spacial score (nSPS) is 10.6. The predicted octanol–water partition coefficient (Wildman–Crippen LogP) is 4.81. The lowest BCUT2D eigenvalue weighted by molar-refractivity contribution is 0.414. The highest BCUT2D eigenvalue weighted by atomic mass is 35.5. The van der Waals surface area contributed by atoms with Crippen LogP contribution in [0.4, 0.5) is 5.95 Å². The minimum Gasteiger partial charge on any atom is -0.497 e. The Morgan fingerprint density at radius 1 is 1.04 bits per heavy atom. The monoisotopic (exact) mass is 391 g/mol. The van der Waals surface area contributed by atoms with Gasteiger partial charge in [-0.25, -0.2) is 15.0 Å². The Kier molecular flexibility index (Phi) is 5.21. The number of H-pyrrole nitrogens is 1. The zero-order chi connectivity index (χ0) is 19.3. The fourth-order valence-corrected chi connectivity index (χ4v) is 2.93. The lowest BCUT2D eigenvalue weighted by Crippen LogP contribution is -2.05. The molecule has 140 valence electrons. The number of benzene rings is 2. The molecule has 4 aromatic rings. The van der Waals surface area contributed by atoms with Crippen molar-refractivity contribution < 1.29 is 4.74 Å². The lowest BCUT2D eigenvalue weighted by atomic mass is 10.1. The van der Waals surface area contributed by atoms with Gasteiger partial charge in [-0.1, -0.05) is 35.9 Å². The van der Waals surface area contributed by atoms with E-state index in [-0.39, 0.29) is 0 Å². The van der Waals surface area contributed by atoms with Crippen LogP contribution < -0.4 is 10.1 Å². The Morgan fingerprint density at radius 2 is 1.82 bits per heavy atom. The summed E-state index contributed by atoms with van der Waals surface area (Å²) < 4.78 is 5.19. The first-order valence-corrected chi connectivity index (χ1v) is 9.10. The van der Waals surface area contributed by atoms with Crippen molar-refractivity contribution in [2.45, 2.75) is 6.54 Å². The van der Waals surface area contributed by atoms with E-state index in [1.165, 1.54) is 0 Å². The van der Waals surface area contributed by atoms with Crippen LogP contribution in [-0.4, -0.2) is 27.0 Å². The number of aromatic nitrogens is 4. The Hall–Kier alpha value is -3.38. The van der Waals surface area contributed by atoms with Gasteiger partial charge in [0.05, 0.1) is 18.4 Å². The summed E-state index contributed by atoms with van der Waals surface area (Å²) in [5.74, 6) is 2.08. The van der Waals surface area contributed by atoms with Gasteiger partial charge in [-0.05, 0) is 29.8 Å². The van der Waals surface area contributed by atoms with Gasteiger partial charge in [-0.2, -0.15) is 0 Å². The van der Waals surface area contributed by atoms with Crippen LogP contribution >= 0.6 is 11.6 Å². The van der Waals surface area contributed by atoms with Crippen molar-refractivity contribution in [2.75, 3.05) is 12.4 Å². The van der Waals surface area contributed by atoms with Gasteiger partial charge >= 0.3 is 0 Å². The summed E-state index contributed by atoms with van der Waals surface area (Å²) in [6.45, 7) is 0.601. The van der Waals surface area contributed by atoms with Crippen LogP contribution in [0.1, 0.15) is 5.56 Å². The van der Waals surface area contributed by atoms with E-state index in [9.17, 15) is 0 Å². The molecule has 0 spiro atoms. The average molecular weight is 392 g/mol. The number of halogens is 1. The van der Waals surface area contributed by atoms with E-state index in [0.29, 0.717) is 23.3 Å². The van der Waals surface area contributed by atoms with Gasteiger partial charge in [-0.3, -0.25) is 0 Å². The highest BCUT2D eigenvalue weighted by Gasteiger charge is 2.13. The van der Waals surface area contributed by atoms with Crippen molar-refractivity contribution in [2.24, 2.45) is 0 Å². The SMILES string of the molecule is COc1ccc(CNc2ncc(-c3ncc[nH]3)c(-c3ccc(Cl)cc3)n2)cc1.